The molecule has 5 rings (SSSR count). The Hall–Kier alpha value is -1.95. The molecule has 6 heteroatoms. The van der Waals surface area contributed by atoms with E-state index in [2.05, 4.69) is 15.0 Å². The fraction of sp³-hybridized carbons (Fsp3) is 0.632. The van der Waals surface area contributed by atoms with E-state index in [0.29, 0.717) is 11.8 Å². The smallest absolute Gasteiger partial charge is 0.267 e. The first-order valence-corrected chi connectivity index (χ1v) is 9.51. The number of oxazole rings is 1. The molecule has 3 aliphatic rings. The molecule has 6 nitrogen and oxygen atoms in total. The molecule has 0 spiro atoms. The molecular weight excluding hydrogens is 316 g/mol. The Morgan fingerprint density at radius 3 is 2.88 bits per heavy atom. The van der Waals surface area contributed by atoms with Crippen LogP contribution in [0.3, 0.4) is 0 Å². The van der Waals surface area contributed by atoms with Crippen molar-refractivity contribution in [2.75, 3.05) is 13.1 Å². The van der Waals surface area contributed by atoms with Gasteiger partial charge in [-0.1, -0.05) is 0 Å². The van der Waals surface area contributed by atoms with Gasteiger partial charge >= 0.3 is 0 Å². The lowest BCUT2D eigenvalue weighted by atomic mass is 9.96. The number of nitrogens with zero attached hydrogens (tertiary/aromatic N) is 4. The van der Waals surface area contributed by atoms with Crippen LogP contribution in [-0.2, 0) is 25.9 Å². The summed E-state index contributed by atoms with van der Waals surface area (Å²) >= 11 is 0. The number of rotatable bonds is 5. The molecule has 0 bridgehead atoms. The zero-order chi connectivity index (χ0) is 16.8. The Morgan fingerprint density at radius 1 is 1.20 bits per heavy atom. The molecule has 0 aromatic carbocycles. The van der Waals surface area contributed by atoms with Gasteiger partial charge in [-0.05, 0) is 44.1 Å². The Balaban J connectivity index is 1.17. The maximum absolute atomic E-state index is 12.3. The van der Waals surface area contributed by atoms with Crippen LogP contribution in [-0.4, -0.2) is 32.8 Å². The van der Waals surface area contributed by atoms with Gasteiger partial charge in [0.05, 0.1) is 25.0 Å². The number of hydrogen-bond acceptors (Lipinski definition) is 5. The lowest BCUT2D eigenvalue weighted by molar-refractivity contribution is 0.0674. The topological polar surface area (TPSA) is 64.2 Å². The highest BCUT2D eigenvalue weighted by atomic mass is 16.4. The fourth-order valence-electron chi connectivity index (χ4n) is 4.04. The molecule has 1 aliphatic heterocycles. The van der Waals surface area contributed by atoms with E-state index < -0.39 is 0 Å². The second-order valence-corrected chi connectivity index (χ2v) is 7.83. The van der Waals surface area contributed by atoms with Crippen molar-refractivity contribution in [2.45, 2.75) is 57.5 Å². The average molecular weight is 340 g/mol. The Bertz CT molecular complexity index is 830. The van der Waals surface area contributed by atoms with Gasteiger partial charge in [-0.2, -0.15) is 5.10 Å². The number of aromatic nitrogens is 3. The summed E-state index contributed by atoms with van der Waals surface area (Å²) in [5.41, 5.74) is 2.35. The molecule has 132 valence electrons. The number of fused-ring (bicyclic) bond motifs is 1. The molecule has 2 aromatic heterocycles. The predicted octanol–water partition coefficient (Wildman–Crippen LogP) is 2.12. The summed E-state index contributed by atoms with van der Waals surface area (Å²) in [6.45, 7) is 3.45. The van der Waals surface area contributed by atoms with Gasteiger partial charge in [-0.25, -0.2) is 9.67 Å². The fourth-order valence-corrected chi connectivity index (χ4v) is 4.04. The largest absolute Gasteiger partial charge is 0.444 e. The van der Waals surface area contributed by atoms with E-state index in [-0.39, 0.29) is 5.56 Å². The van der Waals surface area contributed by atoms with Crippen molar-refractivity contribution in [1.82, 2.24) is 19.7 Å². The molecule has 25 heavy (non-hydrogen) atoms. The first-order chi connectivity index (χ1) is 12.2. The number of hydrogen-bond donors (Lipinski definition) is 0. The molecule has 0 amide bonds. The maximum atomic E-state index is 12.3. The molecule has 1 saturated heterocycles. The van der Waals surface area contributed by atoms with Gasteiger partial charge in [-0.15, -0.1) is 0 Å². The van der Waals surface area contributed by atoms with E-state index in [1.165, 1.54) is 25.7 Å². The van der Waals surface area contributed by atoms with Crippen molar-refractivity contribution in [3.05, 3.63) is 45.5 Å². The molecule has 0 atom stereocenters. The van der Waals surface area contributed by atoms with Gasteiger partial charge in [0.15, 0.2) is 0 Å². The van der Waals surface area contributed by atoms with Crippen LogP contribution in [0.2, 0.25) is 0 Å². The molecule has 3 heterocycles. The minimum Gasteiger partial charge on any atom is -0.444 e. The minimum atomic E-state index is 0.0564. The highest BCUT2D eigenvalue weighted by Gasteiger charge is 2.31. The van der Waals surface area contributed by atoms with E-state index >= 15 is 0 Å². The van der Waals surface area contributed by atoms with E-state index in [1.807, 2.05) is 12.3 Å². The Morgan fingerprint density at radius 2 is 2.04 bits per heavy atom. The van der Waals surface area contributed by atoms with Crippen molar-refractivity contribution in [1.29, 1.82) is 0 Å². The normalized spacial score (nSPS) is 21.1. The molecule has 0 N–H and O–H groups in total. The van der Waals surface area contributed by atoms with Crippen LogP contribution in [0.25, 0.3) is 0 Å². The van der Waals surface area contributed by atoms with Crippen molar-refractivity contribution in [2.24, 2.45) is 5.92 Å². The number of likely N-dealkylation sites (tertiary alicyclic amines) is 1. The number of aryl methyl sites for hydroxylation is 2. The standard InChI is InChI=1S/C19H24N4O2/c24-19-7-15-3-1-2-4-16(15)21-23(19)11-13-9-22(10-13)12-18-20-8-17(25-18)14-5-6-14/h7-8,13-14H,1-6,9-12H2. The van der Waals surface area contributed by atoms with Gasteiger partial charge in [0.2, 0.25) is 5.89 Å². The summed E-state index contributed by atoms with van der Waals surface area (Å²) in [6.07, 6.45) is 8.76. The third-order valence-corrected chi connectivity index (χ3v) is 5.65. The monoisotopic (exact) mass is 340 g/mol. The van der Waals surface area contributed by atoms with Crippen LogP contribution in [0.15, 0.2) is 21.5 Å². The molecule has 0 radical (unpaired) electrons. The molecule has 0 unspecified atom stereocenters. The highest BCUT2D eigenvalue weighted by Crippen LogP contribution is 2.40. The summed E-state index contributed by atoms with van der Waals surface area (Å²) in [5.74, 6) is 2.98. The summed E-state index contributed by atoms with van der Waals surface area (Å²) in [7, 11) is 0. The van der Waals surface area contributed by atoms with Crippen LogP contribution in [0.1, 0.15) is 54.5 Å². The van der Waals surface area contributed by atoms with Crippen LogP contribution < -0.4 is 5.56 Å². The molecule has 1 saturated carbocycles. The van der Waals surface area contributed by atoms with Crippen LogP contribution in [0, 0.1) is 5.92 Å². The van der Waals surface area contributed by atoms with Crippen molar-refractivity contribution in [3.8, 4) is 0 Å². The molecule has 2 aromatic rings. The van der Waals surface area contributed by atoms with E-state index in [4.69, 9.17) is 4.42 Å². The first-order valence-electron chi connectivity index (χ1n) is 9.51. The third-order valence-electron chi connectivity index (χ3n) is 5.65. The van der Waals surface area contributed by atoms with Crippen molar-refractivity contribution >= 4 is 0 Å². The lowest BCUT2D eigenvalue weighted by Crippen LogP contribution is -2.49. The van der Waals surface area contributed by atoms with Crippen LogP contribution in [0.4, 0.5) is 0 Å². The van der Waals surface area contributed by atoms with E-state index in [0.717, 1.165) is 61.9 Å². The van der Waals surface area contributed by atoms with Gasteiger partial charge in [-0.3, -0.25) is 9.69 Å². The van der Waals surface area contributed by atoms with Crippen LogP contribution >= 0.6 is 0 Å². The highest BCUT2D eigenvalue weighted by molar-refractivity contribution is 5.20. The van der Waals surface area contributed by atoms with Crippen molar-refractivity contribution in [3.63, 3.8) is 0 Å². The van der Waals surface area contributed by atoms with Crippen molar-refractivity contribution < 1.29 is 4.42 Å². The lowest BCUT2D eigenvalue weighted by Gasteiger charge is -2.38. The van der Waals surface area contributed by atoms with Crippen LogP contribution in [0.5, 0.6) is 0 Å². The first kappa shape index (κ1) is 15.3. The second kappa shape index (κ2) is 6.09. The summed E-state index contributed by atoms with van der Waals surface area (Å²) in [6, 6.07) is 1.81. The summed E-state index contributed by atoms with van der Waals surface area (Å²) in [4.78, 5) is 19.0. The Labute approximate surface area is 146 Å². The molecule has 2 fully saturated rings. The second-order valence-electron chi connectivity index (χ2n) is 7.83. The predicted molar refractivity (Wildman–Crippen MR) is 92.4 cm³/mol. The Kier molecular flexibility index (Phi) is 3.73. The van der Waals surface area contributed by atoms with Gasteiger partial charge < -0.3 is 4.42 Å². The van der Waals surface area contributed by atoms with Gasteiger partial charge in [0.1, 0.15) is 5.76 Å². The average Bonchev–Trinajstić information content (AvgIpc) is 3.33. The zero-order valence-corrected chi connectivity index (χ0v) is 14.5. The summed E-state index contributed by atoms with van der Waals surface area (Å²) < 4.78 is 7.51. The maximum Gasteiger partial charge on any atom is 0.267 e. The molecule has 2 aliphatic carbocycles. The quantitative estimate of drug-likeness (QED) is 0.834. The zero-order valence-electron chi connectivity index (χ0n) is 14.5. The van der Waals surface area contributed by atoms with Gasteiger partial charge in [0, 0.05) is 31.0 Å². The van der Waals surface area contributed by atoms with E-state index in [9.17, 15) is 4.79 Å². The SMILES string of the molecule is O=c1cc2c(nn1CC1CN(Cc3ncc(C4CC4)o3)C1)CCCC2. The minimum absolute atomic E-state index is 0.0564. The summed E-state index contributed by atoms with van der Waals surface area (Å²) in [5, 5.41) is 4.63. The van der Waals surface area contributed by atoms with Gasteiger partial charge in [0.25, 0.3) is 5.56 Å². The van der Waals surface area contributed by atoms with E-state index in [1.54, 1.807) is 4.68 Å². The third kappa shape index (κ3) is 3.15. The molecular formula is C19H24N4O2.